The van der Waals surface area contributed by atoms with Crippen molar-refractivity contribution in [2.75, 3.05) is 7.11 Å². The molecule has 0 heterocycles. The number of hydrogen-bond acceptors (Lipinski definition) is 6. The minimum atomic E-state index is -0.491. The van der Waals surface area contributed by atoms with Crippen LogP contribution in [0.4, 0.5) is 5.69 Å². The van der Waals surface area contributed by atoms with E-state index in [4.69, 9.17) is 4.74 Å². The highest BCUT2D eigenvalue weighted by atomic mass is 16.6. The molecule has 1 fully saturated rings. The van der Waals surface area contributed by atoms with E-state index in [1.54, 1.807) is 6.08 Å². The largest absolute Gasteiger partial charge is 0.466 e. The molecule has 0 spiro atoms. The van der Waals surface area contributed by atoms with Crippen molar-refractivity contribution < 1.29 is 24.0 Å². The summed E-state index contributed by atoms with van der Waals surface area (Å²) in [4.78, 5) is 34.9. The normalized spacial score (nSPS) is 28.5. The van der Waals surface area contributed by atoms with Gasteiger partial charge in [0.2, 0.25) is 0 Å². The molecule has 6 atom stereocenters. The molecule has 0 N–H and O–H groups in total. The fraction of sp³-hybridized carbons (Fsp3) is 0.448. The highest BCUT2D eigenvalue weighted by molar-refractivity contribution is 5.89. The SMILES string of the molecule is C/C=C(\C)[C@@H]1C(C)=C[C@@H]2[C@H]([C@@H]1/C=C/C=C/C(=O)OC)[C@@H](C)CC[C@@H]2OC(=O)c1ccc([N+](=O)[O-])cc1. The van der Waals surface area contributed by atoms with Crippen molar-refractivity contribution in [1.82, 2.24) is 0 Å². The third kappa shape index (κ3) is 6.01. The van der Waals surface area contributed by atoms with Crippen LogP contribution in [0.5, 0.6) is 0 Å². The van der Waals surface area contributed by atoms with Crippen LogP contribution in [0.2, 0.25) is 0 Å². The molecule has 0 aliphatic heterocycles. The van der Waals surface area contributed by atoms with Crippen LogP contribution >= 0.6 is 0 Å². The number of ether oxygens (including phenoxy) is 2. The number of rotatable bonds is 7. The van der Waals surface area contributed by atoms with Crippen LogP contribution in [-0.4, -0.2) is 30.1 Å². The van der Waals surface area contributed by atoms with E-state index in [-0.39, 0.29) is 35.5 Å². The molecule has 1 aromatic rings. The van der Waals surface area contributed by atoms with Crippen LogP contribution < -0.4 is 0 Å². The molecule has 192 valence electrons. The summed E-state index contributed by atoms with van der Waals surface area (Å²) in [6.07, 6.45) is 13.0. The van der Waals surface area contributed by atoms with Gasteiger partial charge in [0.25, 0.3) is 5.69 Å². The highest BCUT2D eigenvalue weighted by Crippen LogP contribution is 2.51. The number of fused-ring (bicyclic) bond motifs is 1. The summed E-state index contributed by atoms with van der Waals surface area (Å²) in [7, 11) is 1.35. The Labute approximate surface area is 212 Å². The topological polar surface area (TPSA) is 95.7 Å². The fourth-order valence-corrected chi connectivity index (χ4v) is 5.77. The number of allylic oxidation sites excluding steroid dienone is 6. The number of benzene rings is 1. The molecule has 0 radical (unpaired) electrons. The van der Waals surface area contributed by atoms with Crippen LogP contribution in [0.25, 0.3) is 0 Å². The molecular weight excluding hydrogens is 458 g/mol. The monoisotopic (exact) mass is 493 g/mol. The lowest BCUT2D eigenvalue weighted by Crippen LogP contribution is -2.46. The van der Waals surface area contributed by atoms with Gasteiger partial charge in [-0.05, 0) is 63.5 Å². The van der Waals surface area contributed by atoms with Crippen molar-refractivity contribution in [3.63, 3.8) is 0 Å². The van der Waals surface area contributed by atoms with E-state index in [1.807, 2.05) is 13.0 Å². The Morgan fingerprint density at radius 2 is 1.83 bits per heavy atom. The quantitative estimate of drug-likeness (QED) is 0.112. The maximum Gasteiger partial charge on any atom is 0.338 e. The summed E-state index contributed by atoms with van der Waals surface area (Å²) in [6, 6.07) is 5.52. The number of esters is 2. The molecule has 0 aromatic heterocycles. The maximum atomic E-state index is 12.9. The van der Waals surface area contributed by atoms with Gasteiger partial charge in [-0.15, -0.1) is 0 Å². The maximum absolute atomic E-state index is 12.9. The van der Waals surface area contributed by atoms with Crippen molar-refractivity contribution in [1.29, 1.82) is 0 Å². The van der Waals surface area contributed by atoms with Gasteiger partial charge in [-0.2, -0.15) is 0 Å². The number of non-ortho nitro benzene ring substituents is 1. The fourth-order valence-electron chi connectivity index (χ4n) is 5.77. The van der Waals surface area contributed by atoms with Crippen LogP contribution in [0.15, 0.2) is 71.9 Å². The van der Waals surface area contributed by atoms with Crippen LogP contribution in [-0.2, 0) is 14.3 Å². The molecule has 0 saturated heterocycles. The lowest BCUT2D eigenvalue weighted by molar-refractivity contribution is -0.384. The predicted octanol–water partition coefficient (Wildman–Crippen LogP) is 6.23. The number of carbonyl (C=O) groups excluding carboxylic acids is 2. The average Bonchev–Trinajstić information content (AvgIpc) is 2.87. The molecule has 36 heavy (non-hydrogen) atoms. The number of nitro benzene ring substituents is 1. The van der Waals surface area contributed by atoms with E-state index in [2.05, 4.69) is 43.7 Å². The van der Waals surface area contributed by atoms with Gasteiger partial charge in [-0.1, -0.05) is 48.5 Å². The molecule has 2 aliphatic rings. The molecule has 2 aliphatic carbocycles. The van der Waals surface area contributed by atoms with Gasteiger partial charge < -0.3 is 9.47 Å². The van der Waals surface area contributed by atoms with Gasteiger partial charge in [0.15, 0.2) is 0 Å². The zero-order valence-electron chi connectivity index (χ0n) is 21.5. The van der Waals surface area contributed by atoms with Crippen molar-refractivity contribution in [3.05, 3.63) is 87.5 Å². The first kappa shape index (κ1) is 27.1. The second-order valence-corrected chi connectivity index (χ2v) is 9.72. The van der Waals surface area contributed by atoms with Gasteiger partial charge in [-0.3, -0.25) is 10.1 Å². The Kier molecular flexibility index (Phi) is 9.02. The Hall–Kier alpha value is -3.48. The molecule has 1 aromatic carbocycles. The summed E-state index contributed by atoms with van der Waals surface area (Å²) in [5.74, 6) is 0.257. The lowest BCUT2D eigenvalue weighted by atomic mass is 9.57. The molecule has 7 heteroatoms. The van der Waals surface area contributed by atoms with Crippen molar-refractivity contribution in [2.45, 2.75) is 46.6 Å². The molecule has 3 rings (SSSR count). The standard InChI is InChI=1S/C29H35NO6/c1-6-18(2)27-20(4)17-24-25(36-29(32)21-12-14-22(15-13-21)30(33)34)16-11-19(3)28(24)23(27)9-7-8-10-26(31)35-5/h6-10,12-15,17,19,23-25,27-28H,11,16H2,1-5H3/b9-7+,10-8+,18-6+/t19-,23+,24-,25-,27+,28-/m0/s1. The van der Waals surface area contributed by atoms with Crippen LogP contribution in [0.3, 0.4) is 0 Å². The van der Waals surface area contributed by atoms with Gasteiger partial charge in [-0.25, -0.2) is 9.59 Å². The van der Waals surface area contributed by atoms with Gasteiger partial charge in [0, 0.05) is 30.0 Å². The van der Waals surface area contributed by atoms with Crippen molar-refractivity contribution in [3.8, 4) is 0 Å². The first-order valence-corrected chi connectivity index (χ1v) is 12.4. The van der Waals surface area contributed by atoms with Gasteiger partial charge >= 0.3 is 11.9 Å². The summed E-state index contributed by atoms with van der Waals surface area (Å²) in [5.41, 5.74) is 2.76. The summed E-state index contributed by atoms with van der Waals surface area (Å²) >= 11 is 0. The lowest BCUT2D eigenvalue weighted by Gasteiger charge is -2.49. The number of hydrogen-bond donors (Lipinski definition) is 0. The summed E-state index contributed by atoms with van der Waals surface area (Å²) in [6.45, 7) is 8.58. The van der Waals surface area contributed by atoms with E-state index >= 15 is 0 Å². The number of nitrogens with zero attached hydrogens (tertiary/aromatic N) is 1. The summed E-state index contributed by atoms with van der Waals surface area (Å²) < 4.78 is 10.7. The van der Waals surface area contributed by atoms with Gasteiger partial charge in [0.1, 0.15) is 6.10 Å². The second kappa shape index (κ2) is 12.0. The molecule has 1 saturated carbocycles. The molecule has 0 bridgehead atoms. The Bertz CT molecular complexity index is 1100. The molecular formula is C29H35NO6. The summed E-state index contributed by atoms with van der Waals surface area (Å²) in [5, 5.41) is 10.9. The van der Waals surface area contributed by atoms with Gasteiger partial charge in [0.05, 0.1) is 17.6 Å². The minimum Gasteiger partial charge on any atom is -0.466 e. The van der Waals surface area contributed by atoms with E-state index in [1.165, 1.54) is 48.6 Å². The van der Waals surface area contributed by atoms with E-state index < -0.39 is 16.9 Å². The zero-order chi connectivity index (χ0) is 26.4. The van der Waals surface area contributed by atoms with Crippen LogP contribution in [0.1, 0.15) is 50.9 Å². The highest BCUT2D eigenvalue weighted by Gasteiger charge is 2.47. The second-order valence-electron chi connectivity index (χ2n) is 9.72. The molecule has 0 unspecified atom stereocenters. The first-order valence-electron chi connectivity index (χ1n) is 12.4. The predicted molar refractivity (Wildman–Crippen MR) is 138 cm³/mol. The zero-order valence-corrected chi connectivity index (χ0v) is 21.5. The number of nitro groups is 1. The van der Waals surface area contributed by atoms with E-state index in [0.29, 0.717) is 11.5 Å². The smallest absolute Gasteiger partial charge is 0.338 e. The number of methoxy groups -OCH3 is 1. The average molecular weight is 494 g/mol. The van der Waals surface area contributed by atoms with Crippen molar-refractivity contribution >= 4 is 17.6 Å². The third-order valence-electron chi connectivity index (χ3n) is 7.61. The minimum absolute atomic E-state index is 0.0518. The van der Waals surface area contributed by atoms with E-state index in [0.717, 1.165) is 12.8 Å². The third-order valence-corrected chi connectivity index (χ3v) is 7.61. The number of carbonyl (C=O) groups is 2. The Morgan fingerprint density at radius 3 is 2.44 bits per heavy atom. The van der Waals surface area contributed by atoms with E-state index in [9.17, 15) is 19.7 Å². The molecule has 7 nitrogen and oxygen atoms in total. The van der Waals surface area contributed by atoms with Crippen molar-refractivity contribution in [2.24, 2.45) is 29.6 Å². The first-order chi connectivity index (χ1) is 17.2. The Morgan fingerprint density at radius 1 is 1.14 bits per heavy atom. The van der Waals surface area contributed by atoms with Crippen LogP contribution in [0, 0.1) is 39.7 Å². The Balaban J connectivity index is 1.90. The molecule has 0 amide bonds.